The van der Waals surface area contributed by atoms with Crippen LogP contribution in [0.1, 0.15) is 33.3 Å². The Morgan fingerprint density at radius 3 is 2.79 bits per heavy atom. The molecule has 0 aromatic carbocycles. The van der Waals surface area contributed by atoms with Crippen LogP contribution in [0, 0.1) is 0 Å². The summed E-state index contributed by atoms with van der Waals surface area (Å²) < 4.78 is 5.77. The van der Waals surface area contributed by atoms with Gasteiger partial charge in [0.05, 0.1) is 12.2 Å². The van der Waals surface area contributed by atoms with Crippen LogP contribution < -0.4 is 10.2 Å². The molecule has 0 aliphatic carbocycles. The molecule has 0 amide bonds. The number of aromatic nitrogens is 2. The molecule has 0 unspecified atom stereocenters. The Hall–Kier alpha value is -1.36. The van der Waals surface area contributed by atoms with E-state index in [1.807, 2.05) is 0 Å². The molecule has 0 saturated carbocycles. The van der Waals surface area contributed by atoms with E-state index in [1.54, 1.807) is 6.33 Å². The molecule has 2 heterocycles. The van der Waals surface area contributed by atoms with Gasteiger partial charge in [-0.05, 0) is 27.2 Å². The first-order chi connectivity index (χ1) is 9.07. The molecule has 19 heavy (non-hydrogen) atoms. The number of hydrogen-bond donors (Lipinski definition) is 1. The molecule has 1 aliphatic rings. The lowest BCUT2D eigenvalue weighted by Crippen LogP contribution is -2.49. The molecule has 1 N–H and O–H groups in total. The highest BCUT2D eigenvalue weighted by Crippen LogP contribution is 2.27. The zero-order chi connectivity index (χ0) is 13.9. The topological polar surface area (TPSA) is 50.3 Å². The summed E-state index contributed by atoms with van der Waals surface area (Å²) in [6, 6.07) is 0. The predicted octanol–water partition coefficient (Wildman–Crippen LogP) is 2.09. The van der Waals surface area contributed by atoms with Gasteiger partial charge in [-0.1, -0.05) is 6.92 Å². The Labute approximate surface area is 115 Å². The fourth-order valence-corrected chi connectivity index (χ4v) is 2.52. The fraction of sp³-hybridized carbons (Fsp3) is 0.714. The quantitative estimate of drug-likeness (QED) is 0.902. The molecule has 1 fully saturated rings. The normalized spacial score (nSPS) is 18.4. The maximum absolute atomic E-state index is 5.77. The third kappa shape index (κ3) is 3.15. The van der Waals surface area contributed by atoms with Crippen molar-refractivity contribution in [2.45, 2.75) is 39.7 Å². The Bertz CT molecular complexity index is 433. The Balaban J connectivity index is 2.30. The number of nitrogens with zero attached hydrogens (tertiary/aromatic N) is 3. The molecule has 2 rings (SSSR count). The highest BCUT2D eigenvalue weighted by molar-refractivity contribution is 5.59. The largest absolute Gasteiger partial charge is 0.372 e. The van der Waals surface area contributed by atoms with Crippen LogP contribution in [0.25, 0.3) is 0 Å². The van der Waals surface area contributed by atoms with Gasteiger partial charge in [0.2, 0.25) is 0 Å². The number of morpholine rings is 1. The minimum absolute atomic E-state index is 0.118. The van der Waals surface area contributed by atoms with Crippen LogP contribution in [0.5, 0.6) is 0 Å². The molecule has 1 saturated heterocycles. The molecule has 1 aliphatic heterocycles. The van der Waals surface area contributed by atoms with E-state index < -0.39 is 0 Å². The van der Waals surface area contributed by atoms with Gasteiger partial charge in [-0.25, -0.2) is 9.97 Å². The van der Waals surface area contributed by atoms with Crippen LogP contribution in [-0.4, -0.2) is 41.8 Å². The SMILES string of the molecule is CCNc1ncnc(N2CCOC(C)(C)C2)c1CC. The minimum Gasteiger partial charge on any atom is -0.372 e. The monoisotopic (exact) mass is 264 g/mol. The molecule has 1 aromatic rings. The first-order valence-electron chi connectivity index (χ1n) is 7.04. The molecule has 5 nitrogen and oxygen atoms in total. The van der Waals surface area contributed by atoms with E-state index in [1.165, 1.54) is 5.56 Å². The summed E-state index contributed by atoms with van der Waals surface area (Å²) in [6.45, 7) is 11.8. The molecular formula is C14H24N4O. The number of nitrogens with one attached hydrogen (secondary N) is 1. The van der Waals surface area contributed by atoms with Crippen molar-refractivity contribution < 1.29 is 4.74 Å². The van der Waals surface area contributed by atoms with Crippen molar-refractivity contribution in [2.24, 2.45) is 0 Å². The Morgan fingerprint density at radius 1 is 1.37 bits per heavy atom. The maximum Gasteiger partial charge on any atom is 0.137 e. The third-order valence-electron chi connectivity index (χ3n) is 3.35. The van der Waals surface area contributed by atoms with Gasteiger partial charge in [0.25, 0.3) is 0 Å². The van der Waals surface area contributed by atoms with Crippen LogP contribution in [0.4, 0.5) is 11.6 Å². The van der Waals surface area contributed by atoms with E-state index in [0.717, 1.165) is 44.3 Å². The van der Waals surface area contributed by atoms with Crippen molar-refractivity contribution in [3.63, 3.8) is 0 Å². The first-order valence-corrected chi connectivity index (χ1v) is 7.04. The van der Waals surface area contributed by atoms with Crippen LogP contribution in [0.3, 0.4) is 0 Å². The maximum atomic E-state index is 5.77. The summed E-state index contributed by atoms with van der Waals surface area (Å²) in [6.07, 6.45) is 2.57. The fourth-order valence-electron chi connectivity index (χ4n) is 2.52. The second-order valence-corrected chi connectivity index (χ2v) is 5.44. The van der Waals surface area contributed by atoms with Crippen molar-refractivity contribution in [3.05, 3.63) is 11.9 Å². The van der Waals surface area contributed by atoms with E-state index in [9.17, 15) is 0 Å². The highest BCUT2D eigenvalue weighted by Gasteiger charge is 2.29. The van der Waals surface area contributed by atoms with Gasteiger partial charge < -0.3 is 15.0 Å². The van der Waals surface area contributed by atoms with Crippen molar-refractivity contribution in [1.29, 1.82) is 0 Å². The van der Waals surface area contributed by atoms with E-state index in [2.05, 4.69) is 47.9 Å². The summed E-state index contributed by atoms with van der Waals surface area (Å²) in [4.78, 5) is 11.2. The van der Waals surface area contributed by atoms with Crippen molar-refractivity contribution >= 4 is 11.6 Å². The molecule has 5 heteroatoms. The third-order valence-corrected chi connectivity index (χ3v) is 3.35. The zero-order valence-corrected chi connectivity index (χ0v) is 12.4. The van der Waals surface area contributed by atoms with Crippen LogP contribution in [0.15, 0.2) is 6.33 Å². The van der Waals surface area contributed by atoms with Crippen molar-refractivity contribution in [2.75, 3.05) is 36.5 Å². The summed E-state index contributed by atoms with van der Waals surface area (Å²) in [5.74, 6) is 2.00. The van der Waals surface area contributed by atoms with E-state index in [-0.39, 0.29) is 5.60 Å². The zero-order valence-electron chi connectivity index (χ0n) is 12.4. The van der Waals surface area contributed by atoms with Gasteiger partial charge in [0.1, 0.15) is 18.0 Å². The van der Waals surface area contributed by atoms with Crippen molar-refractivity contribution in [1.82, 2.24) is 9.97 Å². The highest BCUT2D eigenvalue weighted by atomic mass is 16.5. The molecule has 1 aromatic heterocycles. The van der Waals surface area contributed by atoms with Gasteiger partial charge in [0, 0.05) is 25.2 Å². The lowest BCUT2D eigenvalue weighted by atomic mass is 10.1. The second-order valence-electron chi connectivity index (χ2n) is 5.44. The molecule has 0 atom stereocenters. The van der Waals surface area contributed by atoms with Gasteiger partial charge in [0.15, 0.2) is 0 Å². The van der Waals surface area contributed by atoms with Gasteiger partial charge in [-0.3, -0.25) is 0 Å². The summed E-state index contributed by atoms with van der Waals surface area (Å²) in [5, 5.41) is 3.32. The molecule has 0 bridgehead atoms. The minimum atomic E-state index is -0.118. The lowest BCUT2D eigenvalue weighted by molar-refractivity contribution is -0.0279. The van der Waals surface area contributed by atoms with Gasteiger partial charge in [-0.15, -0.1) is 0 Å². The first kappa shape index (κ1) is 14.1. The van der Waals surface area contributed by atoms with Crippen LogP contribution >= 0.6 is 0 Å². The van der Waals surface area contributed by atoms with Crippen LogP contribution in [-0.2, 0) is 11.2 Å². The molecule has 0 spiro atoms. The van der Waals surface area contributed by atoms with E-state index in [4.69, 9.17) is 4.74 Å². The summed E-state index contributed by atoms with van der Waals surface area (Å²) in [7, 11) is 0. The average Bonchev–Trinajstić information content (AvgIpc) is 2.37. The lowest BCUT2D eigenvalue weighted by Gasteiger charge is -2.39. The van der Waals surface area contributed by atoms with Crippen molar-refractivity contribution in [3.8, 4) is 0 Å². The van der Waals surface area contributed by atoms with Gasteiger partial charge >= 0.3 is 0 Å². The summed E-state index contributed by atoms with van der Waals surface area (Å²) >= 11 is 0. The predicted molar refractivity (Wildman–Crippen MR) is 77.8 cm³/mol. The Kier molecular flexibility index (Phi) is 4.24. The number of ether oxygens (including phenoxy) is 1. The van der Waals surface area contributed by atoms with Gasteiger partial charge in [-0.2, -0.15) is 0 Å². The number of rotatable bonds is 4. The Morgan fingerprint density at radius 2 is 2.16 bits per heavy atom. The van der Waals surface area contributed by atoms with E-state index >= 15 is 0 Å². The number of anilines is 2. The standard InChI is InChI=1S/C14H24N4O/c1-5-11-12(15-6-2)16-10-17-13(11)18-7-8-19-14(3,4)9-18/h10H,5-9H2,1-4H3,(H,15,16,17). The van der Waals surface area contributed by atoms with Crippen LogP contribution in [0.2, 0.25) is 0 Å². The average molecular weight is 264 g/mol. The molecule has 106 valence electrons. The second kappa shape index (κ2) is 5.74. The van der Waals surface area contributed by atoms with E-state index in [0.29, 0.717) is 0 Å². The molecule has 0 radical (unpaired) electrons. The smallest absolute Gasteiger partial charge is 0.137 e. The molecular weight excluding hydrogens is 240 g/mol. The summed E-state index contributed by atoms with van der Waals surface area (Å²) in [5.41, 5.74) is 1.08. The number of hydrogen-bond acceptors (Lipinski definition) is 5.